The molecule has 0 aromatic heterocycles. The highest BCUT2D eigenvalue weighted by Gasteiger charge is 2.28. The van der Waals surface area contributed by atoms with Crippen molar-refractivity contribution in [2.45, 2.75) is 13.5 Å². The van der Waals surface area contributed by atoms with Crippen molar-refractivity contribution >= 4 is 23.5 Å². The summed E-state index contributed by atoms with van der Waals surface area (Å²) in [6, 6.07) is 6.64. The zero-order chi connectivity index (χ0) is 15.4. The fourth-order valence-electron chi connectivity index (χ4n) is 1.92. The molecule has 1 saturated heterocycles. The first-order valence-corrected chi connectivity index (χ1v) is 6.69. The van der Waals surface area contributed by atoms with Gasteiger partial charge in [0.1, 0.15) is 0 Å². The van der Waals surface area contributed by atoms with E-state index in [4.69, 9.17) is 5.73 Å². The van der Waals surface area contributed by atoms with E-state index >= 15 is 0 Å². The summed E-state index contributed by atoms with van der Waals surface area (Å²) in [6.45, 7) is 2.23. The monoisotopic (exact) mass is 290 g/mol. The molecule has 7 heteroatoms. The lowest BCUT2D eigenvalue weighted by Crippen LogP contribution is -2.30. The minimum Gasteiger partial charge on any atom is -0.330 e. The number of urea groups is 1. The van der Waals surface area contributed by atoms with E-state index in [1.165, 1.54) is 0 Å². The number of carbonyl (C=O) groups excluding carboxylic acids is 3. The lowest BCUT2D eigenvalue weighted by Gasteiger charge is -2.14. The molecule has 0 radical (unpaired) electrons. The number of carbonyl (C=O) groups is 3. The predicted octanol–water partition coefficient (Wildman–Crippen LogP) is 0.272. The summed E-state index contributed by atoms with van der Waals surface area (Å²) >= 11 is 0. The van der Waals surface area contributed by atoms with Gasteiger partial charge in [-0.25, -0.2) is 4.79 Å². The van der Waals surface area contributed by atoms with Gasteiger partial charge in [0.2, 0.25) is 11.8 Å². The highest BCUT2D eigenvalue weighted by molar-refractivity contribution is 6.01. The Morgan fingerprint density at radius 3 is 2.86 bits per heavy atom. The Labute approximate surface area is 122 Å². The van der Waals surface area contributed by atoms with Crippen LogP contribution < -0.4 is 16.4 Å². The van der Waals surface area contributed by atoms with Crippen LogP contribution in [-0.2, 0) is 16.1 Å². The van der Waals surface area contributed by atoms with Crippen LogP contribution in [0.2, 0.25) is 0 Å². The van der Waals surface area contributed by atoms with Crippen molar-refractivity contribution in [2.75, 3.05) is 18.4 Å². The van der Waals surface area contributed by atoms with Crippen LogP contribution in [0.4, 0.5) is 10.5 Å². The maximum absolute atomic E-state index is 11.8. The van der Waals surface area contributed by atoms with Crippen LogP contribution in [-0.4, -0.2) is 35.8 Å². The Bertz CT molecular complexity index is 557. The quantitative estimate of drug-likeness (QED) is 0.677. The third-order valence-corrected chi connectivity index (χ3v) is 3.27. The van der Waals surface area contributed by atoms with Crippen LogP contribution in [0.25, 0.3) is 0 Å². The van der Waals surface area contributed by atoms with Gasteiger partial charge in [-0.05, 0) is 17.7 Å². The first kappa shape index (κ1) is 15.0. The molecule has 1 aliphatic rings. The molecule has 1 aliphatic heterocycles. The summed E-state index contributed by atoms with van der Waals surface area (Å²) in [5.74, 6) is -0.699. The lowest BCUT2D eigenvalue weighted by atomic mass is 10.1. The molecule has 2 rings (SSSR count). The Balaban J connectivity index is 2.06. The molecule has 1 fully saturated rings. The van der Waals surface area contributed by atoms with Crippen molar-refractivity contribution in [3.05, 3.63) is 29.8 Å². The van der Waals surface area contributed by atoms with E-state index in [0.717, 1.165) is 10.5 Å². The maximum atomic E-state index is 11.8. The first-order valence-electron chi connectivity index (χ1n) is 6.69. The second-order valence-electron chi connectivity index (χ2n) is 4.96. The van der Waals surface area contributed by atoms with Gasteiger partial charge in [-0.2, -0.15) is 0 Å². The fraction of sp³-hybridized carbons (Fsp3) is 0.357. The topological polar surface area (TPSA) is 105 Å². The number of nitrogens with two attached hydrogens (primary N) is 1. The van der Waals surface area contributed by atoms with Crippen molar-refractivity contribution in [3.8, 4) is 0 Å². The summed E-state index contributed by atoms with van der Waals surface area (Å²) < 4.78 is 0. The van der Waals surface area contributed by atoms with Crippen LogP contribution in [0, 0.1) is 5.92 Å². The van der Waals surface area contributed by atoms with Crippen LogP contribution in [0.1, 0.15) is 12.5 Å². The molecule has 112 valence electrons. The molecule has 0 spiro atoms. The average Bonchev–Trinajstić information content (AvgIpc) is 2.78. The minimum atomic E-state index is -0.397. The number of hydrogen-bond donors (Lipinski definition) is 3. The number of imide groups is 1. The number of nitrogens with zero attached hydrogens (tertiary/aromatic N) is 1. The zero-order valence-electron chi connectivity index (χ0n) is 11.8. The van der Waals surface area contributed by atoms with Gasteiger partial charge < -0.3 is 16.4 Å². The molecular weight excluding hydrogens is 272 g/mol. The molecule has 0 saturated carbocycles. The molecule has 0 bridgehead atoms. The van der Waals surface area contributed by atoms with Crippen molar-refractivity contribution < 1.29 is 14.4 Å². The largest absolute Gasteiger partial charge is 0.330 e. The standard InChI is InChI=1S/C14H18N4O3/c1-9(6-15)13(20)17-11-4-2-3-10(5-11)8-18-12(19)7-16-14(18)21/h2-5,9H,6-8,15H2,1H3,(H,16,21)(H,17,20). The van der Waals surface area contributed by atoms with Crippen LogP contribution in [0.5, 0.6) is 0 Å². The number of hydrogen-bond acceptors (Lipinski definition) is 4. The Hall–Kier alpha value is -2.41. The van der Waals surface area contributed by atoms with E-state index in [0.29, 0.717) is 5.69 Å². The minimum absolute atomic E-state index is 0.0310. The normalized spacial score (nSPS) is 15.8. The van der Waals surface area contributed by atoms with E-state index in [-0.39, 0.29) is 37.4 Å². The van der Waals surface area contributed by atoms with Crippen LogP contribution in [0.3, 0.4) is 0 Å². The van der Waals surface area contributed by atoms with Gasteiger partial charge in [0.05, 0.1) is 13.1 Å². The Morgan fingerprint density at radius 2 is 2.24 bits per heavy atom. The van der Waals surface area contributed by atoms with Crippen molar-refractivity contribution in [2.24, 2.45) is 11.7 Å². The van der Waals surface area contributed by atoms with Gasteiger partial charge >= 0.3 is 6.03 Å². The second kappa shape index (κ2) is 6.36. The fourth-order valence-corrected chi connectivity index (χ4v) is 1.92. The summed E-state index contributed by atoms with van der Waals surface area (Å²) in [6.07, 6.45) is 0. The van der Waals surface area contributed by atoms with E-state index in [1.807, 2.05) is 0 Å². The van der Waals surface area contributed by atoms with Gasteiger partial charge in [0, 0.05) is 18.2 Å². The molecule has 7 nitrogen and oxygen atoms in total. The first-order chi connectivity index (χ1) is 10.0. The van der Waals surface area contributed by atoms with Gasteiger partial charge in [-0.3, -0.25) is 14.5 Å². The van der Waals surface area contributed by atoms with E-state index in [2.05, 4.69) is 10.6 Å². The van der Waals surface area contributed by atoms with Crippen LogP contribution in [0.15, 0.2) is 24.3 Å². The van der Waals surface area contributed by atoms with Crippen molar-refractivity contribution in [3.63, 3.8) is 0 Å². The maximum Gasteiger partial charge on any atom is 0.324 e. The number of benzene rings is 1. The molecule has 1 aromatic rings. The zero-order valence-corrected chi connectivity index (χ0v) is 11.8. The highest BCUT2D eigenvalue weighted by atomic mass is 16.2. The molecule has 4 amide bonds. The molecule has 1 heterocycles. The molecule has 1 aromatic carbocycles. The molecule has 21 heavy (non-hydrogen) atoms. The number of nitrogens with one attached hydrogen (secondary N) is 2. The van der Waals surface area contributed by atoms with E-state index in [9.17, 15) is 14.4 Å². The highest BCUT2D eigenvalue weighted by Crippen LogP contribution is 2.15. The van der Waals surface area contributed by atoms with E-state index < -0.39 is 6.03 Å². The summed E-state index contributed by atoms with van der Waals surface area (Å²) in [4.78, 5) is 36.0. The number of anilines is 1. The molecule has 1 atom stereocenters. The van der Waals surface area contributed by atoms with Crippen LogP contribution >= 0.6 is 0 Å². The summed E-state index contributed by atoms with van der Waals surface area (Å²) in [5.41, 5.74) is 6.82. The van der Waals surface area contributed by atoms with Gasteiger partial charge in [-0.15, -0.1) is 0 Å². The Kier molecular flexibility index (Phi) is 4.54. The van der Waals surface area contributed by atoms with E-state index in [1.54, 1.807) is 31.2 Å². The average molecular weight is 290 g/mol. The Morgan fingerprint density at radius 1 is 1.48 bits per heavy atom. The SMILES string of the molecule is CC(CN)C(=O)Nc1cccc(CN2C(=O)CNC2=O)c1. The third kappa shape index (κ3) is 3.57. The van der Waals surface area contributed by atoms with Gasteiger partial charge in [0.15, 0.2) is 0 Å². The smallest absolute Gasteiger partial charge is 0.324 e. The molecule has 0 aliphatic carbocycles. The van der Waals surface area contributed by atoms with Crippen molar-refractivity contribution in [1.29, 1.82) is 0 Å². The molecule has 1 unspecified atom stereocenters. The second-order valence-corrected chi connectivity index (χ2v) is 4.96. The van der Waals surface area contributed by atoms with Gasteiger partial charge in [0.25, 0.3) is 0 Å². The third-order valence-electron chi connectivity index (χ3n) is 3.27. The van der Waals surface area contributed by atoms with Gasteiger partial charge in [-0.1, -0.05) is 19.1 Å². The lowest BCUT2D eigenvalue weighted by molar-refractivity contribution is -0.125. The van der Waals surface area contributed by atoms with Crippen molar-refractivity contribution in [1.82, 2.24) is 10.2 Å². The predicted molar refractivity (Wildman–Crippen MR) is 77.2 cm³/mol. The number of amides is 4. The summed E-state index contributed by atoms with van der Waals surface area (Å²) in [5, 5.41) is 5.22. The summed E-state index contributed by atoms with van der Waals surface area (Å²) in [7, 11) is 0. The molecule has 4 N–H and O–H groups in total. The number of rotatable bonds is 5. The molecular formula is C14H18N4O3.